The Labute approximate surface area is 173 Å². The highest BCUT2D eigenvalue weighted by Crippen LogP contribution is 2.28. The monoisotopic (exact) mass is 388 g/mol. The number of rotatable bonds is 6. The largest absolute Gasteiger partial charge is 0.485 e. The number of aromatic nitrogens is 1. The molecule has 0 saturated carbocycles. The number of nitrogens with one attached hydrogen (secondary N) is 1. The zero-order valence-electron chi connectivity index (χ0n) is 17.8. The van der Waals surface area contributed by atoms with Crippen molar-refractivity contribution in [3.63, 3.8) is 0 Å². The molecule has 2 heterocycles. The molecule has 2 aliphatic rings. The Hall–Kier alpha value is -3.23. The van der Waals surface area contributed by atoms with E-state index in [0.29, 0.717) is 18.2 Å². The van der Waals surface area contributed by atoms with Gasteiger partial charge in [-0.15, -0.1) is 5.73 Å². The van der Waals surface area contributed by atoms with Crippen LogP contribution < -0.4 is 5.32 Å². The molecule has 1 aliphatic heterocycles. The minimum Gasteiger partial charge on any atom is -0.485 e. The van der Waals surface area contributed by atoms with Crippen molar-refractivity contribution in [1.82, 2.24) is 10.3 Å². The summed E-state index contributed by atoms with van der Waals surface area (Å²) in [4.78, 5) is 4.69. The summed E-state index contributed by atoms with van der Waals surface area (Å²) in [5, 5.41) is 3.30. The Kier molecular flexibility index (Phi) is 6.26. The van der Waals surface area contributed by atoms with Crippen LogP contribution in [0.1, 0.15) is 37.7 Å². The van der Waals surface area contributed by atoms with Gasteiger partial charge in [-0.2, -0.15) is 0 Å². The van der Waals surface area contributed by atoms with E-state index in [1.807, 2.05) is 64.1 Å². The van der Waals surface area contributed by atoms with E-state index in [9.17, 15) is 0 Å². The van der Waals surface area contributed by atoms with Gasteiger partial charge in [0, 0.05) is 5.69 Å². The SMILES string of the molecule is C=C(NC1=C(c2ccc(C)c(C)n2)OCC=C1C)O[C@H](C)C1=C(C)C=C=CC=C1. The maximum Gasteiger partial charge on any atom is 0.184 e. The van der Waals surface area contributed by atoms with Crippen molar-refractivity contribution in [2.75, 3.05) is 6.61 Å². The molecule has 1 aliphatic carbocycles. The maximum atomic E-state index is 6.08. The van der Waals surface area contributed by atoms with Crippen molar-refractivity contribution < 1.29 is 9.47 Å². The van der Waals surface area contributed by atoms with Crippen molar-refractivity contribution in [3.8, 4) is 0 Å². The van der Waals surface area contributed by atoms with Crippen molar-refractivity contribution in [2.24, 2.45) is 0 Å². The van der Waals surface area contributed by atoms with Crippen molar-refractivity contribution in [3.05, 3.63) is 100 Å². The van der Waals surface area contributed by atoms with E-state index in [-0.39, 0.29) is 6.10 Å². The molecule has 4 heteroatoms. The summed E-state index contributed by atoms with van der Waals surface area (Å²) >= 11 is 0. The smallest absolute Gasteiger partial charge is 0.184 e. The summed E-state index contributed by atoms with van der Waals surface area (Å²) in [5.74, 6) is 1.17. The highest BCUT2D eigenvalue weighted by atomic mass is 16.5. The van der Waals surface area contributed by atoms with E-state index in [0.717, 1.165) is 39.4 Å². The number of ether oxygens (including phenoxy) is 2. The third-order valence-electron chi connectivity index (χ3n) is 5.07. The van der Waals surface area contributed by atoms with Crippen LogP contribution in [0.3, 0.4) is 0 Å². The van der Waals surface area contributed by atoms with Crippen LogP contribution in [0.25, 0.3) is 5.76 Å². The average Bonchev–Trinajstić information content (AvgIpc) is 2.90. The molecule has 0 aromatic carbocycles. The average molecular weight is 389 g/mol. The second-order valence-electron chi connectivity index (χ2n) is 7.28. The lowest BCUT2D eigenvalue weighted by molar-refractivity contribution is 0.150. The Morgan fingerprint density at radius 3 is 2.83 bits per heavy atom. The van der Waals surface area contributed by atoms with Crippen molar-refractivity contribution in [1.29, 1.82) is 0 Å². The number of pyridine rings is 1. The van der Waals surface area contributed by atoms with Gasteiger partial charge in [-0.05, 0) is 87.8 Å². The van der Waals surface area contributed by atoms with Gasteiger partial charge >= 0.3 is 0 Å². The summed E-state index contributed by atoms with van der Waals surface area (Å²) < 4.78 is 12.0. The van der Waals surface area contributed by atoms with Crippen LogP contribution in [0.15, 0.2) is 83.1 Å². The van der Waals surface area contributed by atoms with Crippen LogP contribution in [0.2, 0.25) is 0 Å². The van der Waals surface area contributed by atoms with Crippen LogP contribution in [0.4, 0.5) is 0 Å². The molecule has 1 aromatic rings. The molecule has 0 unspecified atom stereocenters. The molecular formula is C25H28N2O2. The molecule has 1 aromatic heterocycles. The van der Waals surface area contributed by atoms with E-state index in [1.165, 1.54) is 0 Å². The Balaban J connectivity index is 1.82. The van der Waals surface area contributed by atoms with Crippen LogP contribution in [-0.2, 0) is 9.47 Å². The lowest BCUT2D eigenvalue weighted by Gasteiger charge is -2.25. The molecule has 1 N–H and O–H groups in total. The van der Waals surface area contributed by atoms with Gasteiger partial charge in [0.25, 0.3) is 0 Å². The summed E-state index contributed by atoms with van der Waals surface area (Å²) in [6.45, 7) is 14.7. The normalized spacial score (nSPS) is 16.9. The van der Waals surface area contributed by atoms with Gasteiger partial charge in [0.05, 0.1) is 5.70 Å². The van der Waals surface area contributed by atoms with E-state index >= 15 is 0 Å². The molecule has 0 spiro atoms. The van der Waals surface area contributed by atoms with E-state index in [1.54, 1.807) is 0 Å². The van der Waals surface area contributed by atoms with Gasteiger partial charge in [-0.25, -0.2) is 4.98 Å². The summed E-state index contributed by atoms with van der Waals surface area (Å²) in [5.41, 5.74) is 10.1. The van der Waals surface area contributed by atoms with Crippen molar-refractivity contribution in [2.45, 2.75) is 40.7 Å². The first kappa shape index (κ1) is 20.5. The predicted octanol–water partition coefficient (Wildman–Crippen LogP) is 5.41. The zero-order chi connectivity index (χ0) is 21.0. The molecular weight excluding hydrogens is 360 g/mol. The molecule has 1 atom stereocenters. The minimum atomic E-state index is -0.159. The number of aryl methyl sites for hydroxylation is 2. The fraction of sp³-hybridized carbons (Fsp3) is 0.280. The fourth-order valence-electron chi connectivity index (χ4n) is 3.21. The summed E-state index contributed by atoms with van der Waals surface area (Å²) in [7, 11) is 0. The Morgan fingerprint density at radius 1 is 1.28 bits per heavy atom. The van der Waals surface area contributed by atoms with E-state index < -0.39 is 0 Å². The van der Waals surface area contributed by atoms with Crippen LogP contribution in [0.5, 0.6) is 0 Å². The Bertz CT molecular complexity index is 1020. The molecule has 0 saturated heterocycles. The predicted molar refractivity (Wildman–Crippen MR) is 118 cm³/mol. The lowest BCUT2D eigenvalue weighted by Crippen LogP contribution is -2.24. The molecule has 0 bridgehead atoms. The molecule has 0 fully saturated rings. The second kappa shape index (κ2) is 8.85. The quantitative estimate of drug-likeness (QED) is 0.523. The third-order valence-corrected chi connectivity index (χ3v) is 5.07. The number of hydrogen-bond donors (Lipinski definition) is 1. The van der Waals surface area contributed by atoms with Gasteiger partial charge in [0.1, 0.15) is 18.4 Å². The molecule has 29 heavy (non-hydrogen) atoms. The summed E-state index contributed by atoms with van der Waals surface area (Å²) in [6, 6.07) is 4.04. The highest BCUT2D eigenvalue weighted by Gasteiger charge is 2.20. The molecule has 0 radical (unpaired) electrons. The standard InChI is InChI=1S/C25H28N2O2/c1-16-12-13-23(26-19(16)4)25-24(18(3)14-15-28-25)27-21(6)29-20(5)22-11-9-7-8-10-17(22)2/h7,9-14,20,27H,6,15H2,1-5H3/t20-/m1/s1. The number of nitrogens with zero attached hydrogens (tertiary/aromatic N) is 1. The first-order valence-corrected chi connectivity index (χ1v) is 9.78. The first-order chi connectivity index (χ1) is 13.9. The molecule has 3 rings (SSSR count). The van der Waals surface area contributed by atoms with Crippen LogP contribution in [-0.4, -0.2) is 17.7 Å². The second-order valence-corrected chi connectivity index (χ2v) is 7.28. The van der Waals surface area contributed by atoms with Crippen LogP contribution >= 0.6 is 0 Å². The first-order valence-electron chi connectivity index (χ1n) is 9.78. The maximum absolute atomic E-state index is 6.08. The van der Waals surface area contributed by atoms with Gasteiger partial charge < -0.3 is 14.8 Å². The third kappa shape index (κ3) is 4.79. The van der Waals surface area contributed by atoms with Gasteiger partial charge in [-0.3, -0.25) is 0 Å². The van der Waals surface area contributed by atoms with Crippen molar-refractivity contribution >= 4 is 5.76 Å². The molecule has 150 valence electrons. The number of allylic oxidation sites excluding steroid dienone is 4. The minimum absolute atomic E-state index is 0.159. The number of hydrogen-bond acceptors (Lipinski definition) is 4. The topological polar surface area (TPSA) is 43.4 Å². The van der Waals surface area contributed by atoms with Gasteiger partial charge in [0.2, 0.25) is 0 Å². The Morgan fingerprint density at radius 2 is 2.07 bits per heavy atom. The van der Waals surface area contributed by atoms with E-state index in [2.05, 4.69) is 30.6 Å². The van der Waals surface area contributed by atoms with Crippen LogP contribution in [0, 0.1) is 13.8 Å². The molecule has 0 amide bonds. The van der Waals surface area contributed by atoms with Gasteiger partial charge in [-0.1, -0.05) is 18.2 Å². The molecule has 4 nitrogen and oxygen atoms in total. The fourth-order valence-corrected chi connectivity index (χ4v) is 3.21. The summed E-state index contributed by atoms with van der Waals surface area (Å²) in [6.07, 6.45) is 9.72. The lowest BCUT2D eigenvalue weighted by atomic mass is 10.0. The van der Waals surface area contributed by atoms with Gasteiger partial charge in [0.15, 0.2) is 11.6 Å². The zero-order valence-corrected chi connectivity index (χ0v) is 17.8. The van der Waals surface area contributed by atoms with E-state index in [4.69, 9.17) is 14.5 Å². The highest BCUT2D eigenvalue weighted by molar-refractivity contribution is 5.66.